The average Bonchev–Trinajstić information content (AvgIpc) is 2.92. The van der Waals surface area contributed by atoms with Crippen molar-refractivity contribution in [2.45, 2.75) is 59.2 Å². The van der Waals surface area contributed by atoms with Crippen molar-refractivity contribution in [1.29, 1.82) is 0 Å². The van der Waals surface area contributed by atoms with Crippen LogP contribution in [0.4, 0.5) is 8.78 Å². The Labute approximate surface area is 164 Å². The zero-order valence-corrected chi connectivity index (χ0v) is 16.7. The lowest BCUT2D eigenvalue weighted by molar-refractivity contribution is -0.121. The Morgan fingerprint density at radius 1 is 1.25 bits per heavy atom. The van der Waals surface area contributed by atoms with E-state index in [-0.39, 0.29) is 18.4 Å². The summed E-state index contributed by atoms with van der Waals surface area (Å²) in [6.45, 7) is 5.44. The number of hydrogen-bond acceptors (Lipinski definition) is 3. The minimum atomic E-state index is -2.69. The maximum atomic E-state index is 12.9. The van der Waals surface area contributed by atoms with Gasteiger partial charge in [-0.15, -0.1) is 0 Å². The Bertz CT molecular complexity index is 826. The highest BCUT2D eigenvalue weighted by atomic mass is 19.3. The summed E-state index contributed by atoms with van der Waals surface area (Å²) in [7, 11) is 0. The second kappa shape index (κ2) is 8.82. The van der Waals surface area contributed by atoms with Gasteiger partial charge in [-0.1, -0.05) is 29.8 Å². The molecule has 1 saturated heterocycles. The number of rotatable bonds is 6. The van der Waals surface area contributed by atoms with Crippen LogP contribution < -0.4 is 5.32 Å². The van der Waals surface area contributed by atoms with Gasteiger partial charge in [-0.05, 0) is 39.2 Å². The number of aryl methyl sites for hydroxylation is 2. The number of nitrogens with one attached hydrogen (secondary N) is 1. The lowest BCUT2D eigenvalue weighted by Gasteiger charge is -2.32. The molecule has 1 aliphatic rings. The Morgan fingerprint density at radius 3 is 2.57 bits per heavy atom. The Hall–Kier alpha value is -2.28. The Balaban J connectivity index is 1.49. The predicted octanol–water partition coefficient (Wildman–Crippen LogP) is 3.53. The van der Waals surface area contributed by atoms with E-state index in [0.717, 1.165) is 32.5 Å². The van der Waals surface area contributed by atoms with Crippen LogP contribution in [-0.4, -0.2) is 39.7 Å². The van der Waals surface area contributed by atoms with Crippen LogP contribution in [0.2, 0.25) is 0 Å². The van der Waals surface area contributed by atoms with Gasteiger partial charge >= 0.3 is 6.55 Å². The standard InChI is InChI=1S/C21H28F2N4O/c1-14-5-4-6-17(11-14)13-26-9-7-18(8-10-26)24-20(28)12-19-15(2)25-27(16(19)3)21(22)23/h4-6,11,18,21H,7-10,12-13H2,1-3H3,(H,24,28). The molecular formula is C21H28F2N4O. The van der Waals surface area contributed by atoms with E-state index in [9.17, 15) is 13.6 Å². The van der Waals surface area contributed by atoms with Crippen LogP contribution in [-0.2, 0) is 17.8 Å². The first-order valence-corrected chi connectivity index (χ1v) is 9.73. The number of piperidine rings is 1. The average molecular weight is 390 g/mol. The van der Waals surface area contributed by atoms with Gasteiger partial charge in [-0.25, -0.2) is 4.68 Å². The monoisotopic (exact) mass is 390 g/mol. The molecule has 0 bridgehead atoms. The van der Waals surface area contributed by atoms with Crippen molar-refractivity contribution in [1.82, 2.24) is 20.0 Å². The van der Waals surface area contributed by atoms with Gasteiger partial charge in [0.2, 0.25) is 5.91 Å². The van der Waals surface area contributed by atoms with E-state index in [1.165, 1.54) is 11.1 Å². The zero-order chi connectivity index (χ0) is 20.3. The molecule has 28 heavy (non-hydrogen) atoms. The molecule has 7 heteroatoms. The summed E-state index contributed by atoms with van der Waals surface area (Å²) in [5.41, 5.74) is 4.01. The number of carbonyl (C=O) groups is 1. The first kappa shape index (κ1) is 20.5. The van der Waals surface area contributed by atoms with Crippen molar-refractivity contribution >= 4 is 5.91 Å². The molecule has 0 aliphatic carbocycles. The lowest BCUT2D eigenvalue weighted by Crippen LogP contribution is -2.44. The third-order valence-corrected chi connectivity index (χ3v) is 5.44. The molecule has 1 aromatic heterocycles. The molecule has 2 heterocycles. The minimum Gasteiger partial charge on any atom is -0.353 e. The number of halogens is 2. The maximum Gasteiger partial charge on any atom is 0.333 e. The van der Waals surface area contributed by atoms with Gasteiger partial charge in [-0.2, -0.15) is 13.9 Å². The van der Waals surface area contributed by atoms with Crippen molar-refractivity contribution in [2.24, 2.45) is 0 Å². The second-order valence-electron chi connectivity index (χ2n) is 7.66. The number of likely N-dealkylation sites (tertiary alicyclic amines) is 1. The van der Waals surface area contributed by atoms with E-state index < -0.39 is 6.55 Å². The summed E-state index contributed by atoms with van der Waals surface area (Å²) in [4.78, 5) is 14.8. The molecule has 1 fully saturated rings. The third-order valence-electron chi connectivity index (χ3n) is 5.44. The number of amides is 1. The van der Waals surface area contributed by atoms with Crippen LogP contribution >= 0.6 is 0 Å². The van der Waals surface area contributed by atoms with Gasteiger partial charge in [-0.3, -0.25) is 9.69 Å². The predicted molar refractivity (Wildman–Crippen MR) is 104 cm³/mol. The van der Waals surface area contributed by atoms with Gasteiger partial charge in [0.1, 0.15) is 0 Å². The van der Waals surface area contributed by atoms with Gasteiger partial charge in [0.25, 0.3) is 0 Å². The second-order valence-corrected chi connectivity index (χ2v) is 7.66. The smallest absolute Gasteiger partial charge is 0.333 e. The van der Waals surface area contributed by atoms with Crippen LogP contribution in [0.3, 0.4) is 0 Å². The zero-order valence-electron chi connectivity index (χ0n) is 16.7. The van der Waals surface area contributed by atoms with Crippen molar-refractivity contribution < 1.29 is 13.6 Å². The molecule has 2 aromatic rings. The highest BCUT2D eigenvalue weighted by Gasteiger charge is 2.23. The highest BCUT2D eigenvalue weighted by Crippen LogP contribution is 2.20. The normalized spacial score (nSPS) is 15.9. The SMILES string of the molecule is Cc1cccc(CN2CCC(NC(=O)Cc3c(C)nn(C(F)F)c3C)CC2)c1. The van der Waals surface area contributed by atoms with E-state index in [1.54, 1.807) is 13.8 Å². The first-order chi connectivity index (χ1) is 13.3. The molecule has 152 valence electrons. The molecule has 1 N–H and O–H groups in total. The van der Waals surface area contributed by atoms with Crippen molar-refractivity contribution in [2.75, 3.05) is 13.1 Å². The molecule has 1 amide bonds. The van der Waals surface area contributed by atoms with Crippen LogP contribution in [0.5, 0.6) is 0 Å². The van der Waals surface area contributed by atoms with Gasteiger partial charge < -0.3 is 5.32 Å². The van der Waals surface area contributed by atoms with Crippen molar-refractivity contribution in [3.63, 3.8) is 0 Å². The molecule has 0 saturated carbocycles. The van der Waals surface area contributed by atoms with Gasteiger partial charge in [0, 0.05) is 36.9 Å². The fraction of sp³-hybridized carbons (Fsp3) is 0.524. The lowest BCUT2D eigenvalue weighted by atomic mass is 10.0. The van der Waals surface area contributed by atoms with E-state index in [1.807, 2.05) is 0 Å². The van der Waals surface area contributed by atoms with Gasteiger partial charge in [0.05, 0.1) is 12.1 Å². The fourth-order valence-corrected chi connectivity index (χ4v) is 3.89. The first-order valence-electron chi connectivity index (χ1n) is 9.73. The summed E-state index contributed by atoms with van der Waals surface area (Å²) >= 11 is 0. The molecule has 3 rings (SSSR count). The summed E-state index contributed by atoms with van der Waals surface area (Å²) in [5.74, 6) is -0.128. The highest BCUT2D eigenvalue weighted by molar-refractivity contribution is 5.79. The van der Waals surface area contributed by atoms with Crippen molar-refractivity contribution in [3.8, 4) is 0 Å². The molecular weight excluding hydrogens is 362 g/mol. The van der Waals surface area contributed by atoms with Crippen LogP contribution in [0.1, 0.15) is 47.5 Å². The number of alkyl halides is 2. The van der Waals surface area contributed by atoms with E-state index in [2.05, 4.69) is 46.5 Å². The summed E-state index contributed by atoms with van der Waals surface area (Å²) in [6.07, 6.45) is 1.88. The third kappa shape index (κ3) is 4.95. The van der Waals surface area contributed by atoms with E-state index >= 15 is 0 Å². The van der Waals surface area contributed by atoms with Gasteiger partial charge in [0.15, 0.2) is 0 Å². The molecule has 1 aromatic carbocycles. The Morgan fingerprint density at radius 2 is 1.96 bits per heavy atom. The summed E-state index contributed by atoms with van der Waals surface area (Å²) < 4.78 is 26.6. The molecule has 0 unspecified atom stereocenters. The summed E-state index contributed by atoms with van der Waals surface area (Å²) in [6, 6.07) is 8.66. The topological polar surface area (TPSA) is 50.2 Å². The number of aromatic nitrogens is 2. The molecule has 0 radical (unpaired) electrons. The van der Waals surface area contributed by atoms with Crippen LogP contribution in [0, 0.1) is 20.8 Å². The number of nitrogens with zero attached hydrogens (tertiary/aromatic N) is 3. The molecule has 1 aliphatic heterocycles. The summed E-state index contributed by atoms with van der Waals surface area (Å²) in [5, 5.41) is 6.91. The van der Waals surface area contributed by atoms with Crippen molar-refractivity contribution in [3.05, 3.63) is 52.3 Å². The molecule has 5 nitrogen and oxygen atoms in total. The Kier molecular flexibility index (Phi) is 6.44. The maximum absolute atomic E-state index is 12.9. The minimum absolute atomic E-state index is 0.0912. The van der Waals surface area contributed by atoms with E-state index in [4.69, 9.17) is 0 Å². The quantitative estimate of drug-likeness (QED) is 0.821. The van der Waals surface area contributed by atoms with Crippen LogP contribution in [0.25, 0.3) is 0 Å². The largest absolute Gasteiger partial charge is 0.353 e. The number of hydrogen-bond donors (Lipinski definition) is 1. The molecule has 0 atom stereocenters. The van der Waals surface area contributed by atoms with Crippen LogP contribution in [0.15, 0.2) is 24.3 Å². The number of benzene rings is 1. The fourth-order valence-electron chi connectivity index (χ4n) is 3.89. The van der Waals surface area contributed by atoms with E-state index in [0.29, 0.717) is 21.6 Å². The molecule has 0 spiro atoms. The number of carbonyl (C=O) groups excluding carboxylic acids is 1.